The minimum atomic E-state index is 0.216. The average molecular weight is 286 g/mol. The third-order valence-corrected chi connectivity index (χ3v) is 4.55. The van der Waals surface area contributed by atoms with Gasteiger partial charge in [-0.25, -0.2) is 4.98 Å². The van der Waals surface area contributed by atoms with Crippen LogP contribution in [0.3, 0.4) is 0 Å². The van der Waals surface area contributed by atoms with E-state index in [0.717, 1.165) is 38.0 Å². The van der Waals surface area contributed by atoms with Crippen molar-refractivity contribution in [2.45, 2.75) is 59.0 Å². The van der Waals surface area contributed by atoms with Crippen LogP contribution in [-0.2, 0) is 26.4 Å². The number of rotatable bonds is 2. The molecule has 2 aromatic rings. The van der Waals surface area contributed by atoms with Crippen molar-refractivity contribution >= 4 is 11.0 Å². The summed E-state index contributed by atoms with van der Waals surface area (Å²) in [6.45, 7) is 11.2. The number of pyridine rings is 1. The number of fused-ring (bicyclic) bond motifs is 3. The molecule has 0 bridgehead atoms. The summed E-state index contributed by atoms with van der Waals surface area (Å²) in [5, 5.41) is 6.02. The molecule has 0 unspecified atom stereocenters. The third-order valence-electron chi connectivity index (χ3n) is 4.55. The molecule has 21 heavy (non-hydrogen) atoms. The molecule has 1 aliphatic heterocycles. The maximum Gasteiger partial charge on any atom is 0.158 e. The van der Waals surface area contributed by atoms with Crippen molar-refractivity contribution in [1.82, 2.24) is 19.7 Å². The van der Waals surface area contributed by atoms with Crippen LogP contribution in [0, 0.1) is 0 Å². The zero-order valence-corrected chi connectivity index (χ0v) is 13.9. The summed E-state index contributed by atoms with van der Waals surface area (Å²) in [5.74, 6) is 0. The van der Waals surface area contributed by atoms with E-state index in [1.807, 2.05) is 11.7 Å². The van der Waals surface area contributed by atoms with Crippen LogP contribution in [0.5, 0.6) is 0 Å². The quantitative estimate of drug-likeness (QED) is 0.851. The van der Waals surface area contributed by atoms with Crippen LogP contribution < -0.4 is 0 Å². The van der Waals surface area contributed by atoms with Gasteiger partial charge in [0, 0.05) is 37.3 Å². The Kier molecular flexibility index (Phi) is 3.52. The molecule has 0 saturated carbocycles. The van der Waals surface area contributed by atoms with Gasteiger partial charge in [0.15, 0.2) is 5.65 Å². The molecule has 0 amide bonds. The van der Waals surface area contributed by atoms with Crippen LogP contribution in [0.15, 0.2) is 6.20 Å². The predicted molar refractivity (Wildman–Crippen MR) is 86.4 cm³/mol. The minimum absolute atomic E-state index is 0.216. The van der Waals surface area contributed by atoms with Gasteiger partial charge < -0.3 is 0 Å². The van der Waals surface area contributed by atoms with Gasteiger partial charge in [-0.2, -0.15) is 5.10 Å². The molecule has 3 rings (SSSR count). The number of aryl methyl sites for hydroxylation is 2. The lowest BCUT2D eigenvalue weighted by molar-refractivity contribution is 0.121. The molecule has 0 fully saturated rings. The molecular weight excluding hydrogens is 260 g/mol. The van der Waals surface area contributed by atoms with Crippen molar-refractivity contribution in [3.05, 3.63) is 23.0 Å². The smallest absolute Gasteiger partial charge is 0.158 e. The van der Waals surface area contributed by atoms with Gasteiger partial charge in [0.1, 0.15) is 0 Å². The number of aromatic nitrogens is 3. The van der Waals surface area contributed by atoms with Crippen molar-refractivity contribution in [2.75, 3.05) is 6.54 Å². The molecule has 2 aromatic heterocycles. The largest absolute Gasteiger partial charge is 0.294 e. The maximum atomic E-state index is 4.70. The highest BCUT2D eigenvalue weighted by Gasteiger charge is 2.28. The van der Waals surface area contributed by atoms with E-state index in [1.54, 1.807) is 0 Å². The molecule has 4 heteroatoms. The summed E-state index contributed by atoms with van der Waals surface area (Å²) in [4.78, 5) is 7.23. The van der Waals surface area contributed by atoms with Gasteiger partial charge in [0.25, 0.3) is 0 Å². The second kappa shape index (κ2) is 5.09. The second-order valence-corrected chi connectivity index (χ2v) is 7.12. The van der Waals surface area contributed by atoms with E-state index in [0.29, 0.717) is 0 Å². The highest BCUT2D eigenvalue weighted by atomic mass is 15.3. The van der Waals surface area contributed by atoms with Gasteiger partial charge in [-0.1, -0.05) is 13.3 Å². The Morgan fingerprint density at radius 3 is 2.71 bits per heavy atom. The van der Waals surface area contributed by atoms with Crippen LogP contribution >= 0.6 is 0 Å². The van der Waals surface area contributed by atoms with Crippen LogP contribution in [0.1, 0.15) is 50.9 Å². The van der Waals surface area contributed by atoms with Crippen LogP contribution in [-0.4, -0.2) is 31.7 Å². The summed E-state index contributed by atoms with van der Waals surface area (Å²) < 4.78 is 1.94. The lowest BCUT2D eigenvalue weighted by atomic mass is 9.93. The molecule has 1 aliphatic rings. The van der Waals surface area contributed by atoms with E-state index in [2.05, 4.69) is 43.8 Å². The third kappa shape index (κ3) is 2.46. The SMILES string of the molecule is CCCc1nn(C)c2ncc3c(c12)CCN(C(C)(C)C)C3. The molecule has 0 N–H and O–H groups in total. The van der Waals surface area contributed by atoms with E-state index in [9.17, 15) is 0 Å². The highest BCUT2D eigenvalue weighted by molar-refractivity contribution is 5.83. The Balaban J connectivity index is 2.10. The predicted octanol–water partition coefficient (Wildman–Crippen LogP) is 3.08. The summed E-state index contributed by atoms with van der Waals surface area (Å²) in [6, 6.07) is 0. The van der Waals surface area contributed by atoms with Crippen molar-refractivity contribution in [3.8, 4) is 0 Å². The van der Waals surface area contributed by atoms with E-state index < -0.39 is 0 Å². The van der Waals surface area contributed by atoms with Crippen molar-refractivity contribution in [2.24, 2.45) is 7.05 Å². The summed E-state index contributed by atoms with van der Waals surface area (Å²) in [5.41, 5.74) is 5.35. The van der Waals surface area contributed by atoms with Gasteiger partial charge in [0.2, 0.25) is 0 Å². The number of nitrogens with zero attached hydrogens (tertiary/aromatic N) is 4. The normalized spacial score (nSPS) is 16.4. The Bertz CT molecular complexity index is 663. The maximum absolute atomic E-state index is 4.70. The Hall–Kier alpha value is -1.42. The molecule has 0 saturated heterocycles. The topological polar surface area (TPSA) is 34.0 Å². The summed E-state index contributed by atoms with van der Waals surface area (Å²) in [7, 11) is 2.01. The lowest BCUT2D eigenvalue weighted by Crippen LogP contribution is -2.44. The van der Waals surface area contributed by atoms with E-state index in [1.165, 1.54) is 22.2 Å². The van der Waals surface area contributed by atoms with E-state index in [4.69, 9.17) is 5.10 Å². The summed E-state index contributed by atoms with van der Waals surface area (Å²) >= 11 is 0. The molecule has 0 radical (unpaired) electrons. The first-order valence-corrected chi connectivity index (χ1v) is 7.99. The van der Waals surface area contributed by atoms with Gasteiger partial charge in [0.05, 0.1) is 5.69 Å². The van der Waals surface area contributed by atoms with Crippen LogP contribution in [0.25, 0.3) is 11.0 Å². The molecular formula is C17H26N4. The zero-order valence-electron chi connectivity index (χ0n) is 13.9. The van der Waals surface area contributed by atoms with Crippen molar-refractivity contribution in [1.29, 1.82) is 0 Å². The fourth-order valence-corrected chi connectivity index (χ4v) is 3.34. The molecule has 4 nitrogen and oxygen atoms in total. The molecule has 3 heterocycles. The van der Waals surface area contributed by atoms with Gasteiger partial charge in [-0.15, -0.1) is 0 Å². The number of hydrogen-bond acceptors (Lipinski definition) is 3. The first-order chi connectivity index (χ1) is 9.91. The molecule has 0 spiro atoms. The molecule has 0 aliphatic carbocycles. The molecule has 114 valence electrons. The Morgan fingerprint density at radius 1 is 1.29 bits per heavy atom. The van der Waals surface area contributed by atoms with Crippen molar-refractivity contribution < 1.29 is 0 Å². The van der Waals surface area contributed by atoms with Crippen LogP contribution in [0.4, 0.5) is 0 Å². The molecule has 0 aromatic carbocycles. The van der Waals surface area contributed by atoms with Crippen LogP contribution in [0.2, 0.25) is 0 Å². The highest BCUT2D eigenvalue weighted by Crippen LogP contribution is 2.31. The Morgan fingerprint density at radius 2 is 2.05 bits per heavy atom. The van der Waals surface area contributed by atoms with Gasteiger partial charge >= 0.3 is 0 Å². The monoisotopic (exact) mass is 286 g/mol. The first kappa shape index (κ1) is 14.5. The van der Waals surface area contributed by atoms with E-state index >= 15 is 0 Å². The van der Waals surface area contributed by atoms with Crippen molar-refractivity contribution in [3.63, 3.8) is 0 Å². The summed E-state index contributed by atoms with van der Waals surface area (Å²) in [6.07, 6.45) is 5.34. The lowest BCUT2D eigenvalue weighted by Gasteiger charge is -2.39. The van der Waals surface area contributed by atoms with Gasteiger partial charge in [-0.3, -0.25) is 9.58 Å². The standard InChI is InChI=1S/C17H26N4/c1-6-7-14-15-13-8-9-21(17(2,3)4)11-12(13)10-18-16(15)20(5)19-14/h10H,6-9,11H2,1-5H3. The first-order valence-electron chi connectivity index (χ1n) is 7.99. The Labute approximate surface area is 127 Å². The van der Waals surface area contributed by atoms with E-state index in [-0.39, 0.29) is 5.54 Å². The number of hydrogen-bond donors (Lipinski definition) is 0. The zero-order chi connectivity index (χ0) is 15.2. The second-order valence-electron chi connectivity index (χ2n) is 7.12. The van der Waals surface area contributed by atoms with Gasteiger partial charge in [-0.05, 0) is 44.7 Å². The molecule has 0 atom stereocenters. The average Bonchev–Trinajstić information content (AvgIpc) is 2.74. The minimum Gasteiger partial charge on any atom is -0.294 e. The fourth-order valence-electron chi connectivity index (χ4n) is 3.34. The fraction of sp³-hybridized carbons (Fsp3) is 0.647.